The molecule has 1 atom stereocenters. The van der Waals surface area contributed by atoms with Crippen LogP contribution in [0, 0.1) is 16.7 Å². The average molecular weight is 340 g/mol. The lowest BCUT2D eigenvalue weighted by Crippen LogP contribution is -2.50. The number of ether oxygens (including phenoxy) is 1. The average Bonchev–Trinajstić information content (AvgIpc) is 2.98. The first-order chi connectivity index (χ1) is 12.2. The molecule has 4 rings (SSSR count). The summed E-state index contributed by atoms with van der Waals surface area (Å²) in [6.45, 7) is 4.07. The van der Waals surface area contributed by atoms with Gasteiger partial charge in [0, 0.05) is 45.1 Å². The third kappa shape index (κ3) is 2.98. The van der Waals surface area contributed by atoms with Crippen LogP contribution < -0.4 is 4.90 Å². The van der Waals surface area contributed by atoms with E-state index in [9.17, 15) is 4.79 Å². The molecule has 132 valence electrons. The molecule has 1 unspecified atom stereocenters. The number of nitrogens with zero attached hydrogens (tertiary/aromatic N) is 4. The third-order valence-electron chi connectivity index (χ3n) is 5.96. The monoisotopic (exact) mass is 340 g/mol. The standard InChI is InChI=1S/C19H24N4O2/c20-12-15-2-3-17(21-13-15)22-8-1-6-19(14-22)7-9-23(18(19)24)16-4-10-25-11-5-16/h2-3,13,16H,1,4-11,14H2. The third-order valence-corrected chi connectivity index (χ3v) is 5.96. The molecule has 25 heavy (non-hydrogen) atoms. The van der Waals surface area contributed by atoms with Crippen LogP contribution in [0.1, 0.15) is 37.7 Å². The highest BCUT2D eigenvalue weighted by Gasteiger charge is 2.50. The van der Waals surface area contributed by atoms with Crippen LogP contribution in [-0.2, 0) is 9.53 Å². The number of anilines is 1. The van der Waals surface area contributed by atoms with Crippen LogP contribution in [-0.4, -0.2) is 54.7 Å². The van der Waals surface area contributed by atoms with Crippen LogP contribution in [0.4, 0.5) is 5.82 Å². The Kier molecular flexibility index (Phi) is 4.34. The van der Waals surface area contributed by atoms with Crippen LogP contribution in [0.3, 0.4) is 0 Å². The second-order valence-electron chi connectivity index (χ2n) is 7.41. The van der Waals surface area contributed by atoms with Crippen molar-refractivity contribution < 1.29 is 9.53 Å². The van der Waals surface area contributed by atoms with Gasteiger partial charge in [0.05, 0.1) is 11.0 Å². The Labute approximate surface area is 148 Å². The summed E-state index contributed by atoms with van der Waals surface area (Å²) in [5.41, 5.74) is 0.310. The second kappa shape index (κ2) is 6.64. The number of hydrogen-bond donors (Lipinski definition) is 0. The minimum Gasteiger partial charge on any atom is -0.381 e. The lowest BCUT2D eigenvalue weighted by atomic mass is 9.78. The smallest absolute Gasteiger partial charge is 0.230 e. The Morgan fingerprint density at radius 2 is 2.08 bits per heavy atom. The maximum absolute atomic E-state index is 13.3. The van der Waals surface area contributed by atoms with Gasteiger partial charge in [-0.05, 0) is 44.2 Å². The van der Waals surface area contributed by atoms with Crippen LogP contribution in [0.2, 0.25) is 0 Å². The summed E-state index contributed by atoms with van der Waals surface area (Å²) >= 11 is 0. The molecule has 3 saturated heterocycles. The number of carbonyl (C=O) groups is 1. The molecule has 6 heteroatoms. The number of aromatic nitrogens is 1. The van der Waals surface area contributed by atoms with Gasteiger partial charge in [-0.25, -0.2) is 4.98 Å². The van der Waals surface area contributed by atoms with E-state index in [1.54, 1.807) is 12.3 Å². The van der Waals surface area contributed by atoms with Crippen LogP contribution in [0.5, 0.6) is 0 Å². The van der Waals surface area contributed by atoms with Crippen molar-refractivity contribution in [2.75, 3.05) is 37.7 Å². The highest BCUT2D eigenvalue weighted by atomic mass is 16.5. The number of pyridine rings is 1. The van der Waals surface area contributed by atoms with Crippen molar-refractivity contribution in [1.82, 2.24) is 9.88 Å². The van der Waals surface area contributed by atoms with Gasteiger partial charge in [0.15, 0.2) is 0 Å². The minimum atomic E-state index is -0.258. The maximum Gasteiger partial charge on any atom is 0.230 e. The lowest BCUT2D eigenvalue weighted by Gasteiger charge is -2.40. The fraction of sp³-hybridized carbons (Fsp3) is 0.632. The molecule has 0 aromatic carbocycles. The van der Waals surface area contributed by atoms with Crippen molar-refractivity contribution >= 4 is 11.7 Å². The summed E-state index contributed by atoms with van der Waals surface area (Å²) in [5.74, 6) is 1.20. The molecule has 1 aromatic rings. The first-order valence-electron chi connectivity index (χ1n) is 9.22. The van der Waals surface area contributed by atoms with Gasteiger partial charge in [-0.1, -0.05) is 0 Å². The molecule has 1 spiro atoms. The molecule has 0 aliphatic carbocycles. The molecule has 6 nitrogen and oxygen atoms in total. The largest absolute Gasteiger partial charge is 0.381 e. The van der Waals surface area contributed by atoms with E-state index >= 15 is 0 Å². The van der Waals surface area contributed by atoms with Gasteiger partial charge in [-0.2, -0.15) is 5.26 Å². The Bertz CT molecular complexity index is 678. The molecule has 1 aromatic heterocycles. The van der Waals surface area contributed by atoms with Gasteiger partial charge < -0.3 is 14.5 Å². The summed E-state index contributed by atoms with van der Waals surface area (Å²) in [4.78, 5) is 22.0. The van der Waals surface area contributed by atoms with E-state index in [2.05, 4.69) is 20.9 Å². The molecule has 3 aliphatic heterocycles. The zero-order valence-corrected chi connectivity index (χ0v) is 14.5. The van der Waals surface area contributed by atoms with E-state index in [0.29, 0.717) is 17.5 Å². The lowest BCUT2D eigenvalue weighted by molar-refractivity contribution is -0.139. The predicted octanol–water partition coefficient (Wildman–Crippen LogP) is 1.95. The number of piperidine rings is 1. The van der Waals surface area contributed by atoms with E-state index in [1.807, 2.05) is 6.07 Å². The van der Waals surface area contributed by atoms with E-state index in [4.69, 9.17) is 10.00 Å². The van der Waals surface area contributed by atoms with Crippen molar-refractivity contribution in [3.8, 4) is 6.07 Å². The Morgan fingerprint density at radius 3 is 2.80 bits per heavy atom. The molecule has 0 N–H and O–H groups in total. The van der Waals surface area contributed by atoms with Gasteiger partial charge in [-0.3, -0.25) is 4.79 Å². The summed E-state index contributed by atoms with van der Waals surface area (Å²) in [5, 5.41) is 8.93. The zero-order chi connectivity index (χ0) is 17.3. The highest BCUT2D eigenvalue weighted by Crippen LogP contribution is 2.42. The van der Waals surface area contributed by atoms with E-state index in [-0.39, 0.29) is 5.41 Å². The van der Waals surface area contributed by atoms with Crippen molar-refractivity contribution in [2.24, 2.45) is 5.41 Å². The molecule has 4 heterocycles. The zero-order valence-electron chi connectivity index (χ0n) is 14.5. The van der Waals surface area contributed by atoms with Crippen molar-refractivity contribution in [2.45, 2.75) is 38.1 Å². The van der Waals surface area contributed by atoms with Crippen molar-refractivity contribution in [3.63, 3.8) is 0 Å². The van der Waals surface area contributed by atoms with E-state index in [1.165, 1.54) is 0 Å². The fourth-order valence-corrected chi connectivity index (χ4v) is 4.54. The highest BCUT2D eigenvalue weighted by molar-refractivity contribution is 5.86. The number of rotatable bonds is 2. The molecule has 0 bridgehead atoms. The number of amides is 1. The van der Waals surface area contributed by atoms with Crippen molar-refractivity contribution in [1.29, 1.82) is 5.26 Å². The molecule has 0 saturated carbocycles. The fourth-order valence-electron chi connectivity index (χ4n) is 4.54. The number of likely N-dealkylation sites (tertiary alicyclic amines) is 1. The number of hydrogen-bond acceptors (Lipinski definition) is 5. The molecule has 0 radical (unpaired) electrons. The summed E-state index contributed by atoms with van der Waals surface area (Å²) in [7, 11) is 0. The van der Waals surface area contributed by atoms with Crippen LogP contribution in [0.15, 0.2) is 18.3 Å². The summed E-state index contributed by atoms with van der Waals surface area (Å²) in [6.07, 6.45) is 6.45. The van der Waals surface area contributed by atoms with Gasteiger partial charge in [0.2, 0.25) is 5.91 Å². The van der Waals surface area contributed by atoms with E-state index in [0.717, 1.165) is 70.8 Å². The first-order valence-corrected chi connectivity index (χ1v) is 9.22. The van der Waals surface area contributed by atoms with Crippen molar-refractivity contribution in [3.05, 3.63) is 23.9 Å². The quantitative estimate of drug-likeness (QED) is 0.823. The predicted molar refractivity (Wildman–Crippen MR) is 93.0 cm³/mol. The first kappa shape index (κ1) is 16.3. The second-order valence-corrected chi connectivity index (χ2v) is 7.41. The van der Waals surface area contributed by atoms with Crippen LogP contribution >= 0.6 is 0 Å². The van der Waals surface area contributed by atoms with E-state index < -0.39 is 0 Å². The maximum atomic E-state index is 13.3. The van der Waals surface area contributed by atoms with Gasteiger partial charge in [0.25, 0.3) is 0 Å². The SMILES string of the molecule is N#Cc1ccc(N2CCCC3(CCN(C4CCOCC4)C3=O)C2)nc1. The normalized spacial score (nSPS) is 27.7. The molecule has 3 fully saturated rings. The number of nitriles is 1. The Balaban J connectivity index is 1.50. The summed E-state index contributed by atoms with van der Waals surface area (Å²) in [6, 6.07) is 6.15. The van der Waals surface area contributed by atoms with Gasteiger partial charge in [0.1, 0.15) is 11.9 Å². The molecular formula is C19H24N4O2. The topological polar surface area (TPSA) is 69.5 Å². The van der Waals surface area contributed by atoms with Gasteiger partial charge >= 0.3 is 0 Å². The molecule has 3 aliphatic rings. The Morgan fingerprint density at radius 1 is 1.24 bits per heavy atom. The van der Waals surface area contributed by atoms with Crippen LogP contribution in [0.25, 0.3) is 0 Å². The molecule has 1 amide bonds. The van der Waals surface area contributed by atoms with Gasteiger partial charge in [-0.15, -0.1) is 0 Å². The number of carbonyl (C=O) groups excluding carboxylic acids is 1. The molecular weight excluding hydrogens is 316 g/mol. The minimum absolute atomic E-state index is 0.258. The Hall–Kier alpha value is -2.13. The summed E-state index contributed by atoms with van der Waals surface area (Å²) < 4.78 is 5.45.